The van der Waals surface area contributed by atoms with E-state index in [4.69, 9.17) is 0 Å². The number of rotatable bonds is 5. The van der Waals surface area contributed by atoms with Gasteiger partial charge < -0.3 is 4.98 Å². The number of amides is 1. The third-order valence-corrected chi connectivity index (χ3v) is 5.94. The highest BCUT2D eigenvalue weighted by molar-refractivity contribution is 7.89. The summed E-state index contributed by atoms with van der Waals surface area (Å²) in [6.45, 7) is 1.05. The fraction of sp³-hybridized carbons (Fsp3) is 0.294. The zero-order valence-corrected chi connectivity index (χ0v) is 14.5. The Morgan fingerprint density at radius 3 is 2.68 bits per heavy atom. The van der Waals surface area contributed by atoms with Crippen LogP contribution in [-0.4, -0.2) is 42.9 Å². The van der Waals surface area contributed by atoms with Gasteiger partial charge in [0.1, 0.15) is 0 Å². The van der Waals surface area contributed by atoms with Gasteiger partial charge in [-0.3, -0.25) is 4.79 Å². The second kappa shape index (κ2) is 7.62. The van der Waals surface area contributed by atoms with Crippen LogP contribution in [0.5, 0.6) is 0 Å². The van der Waals surface area contributed by atoms with Gasteiger partial charge in [-0.2, -0.15) is 9.41 Å². The maximum atomic E-state index is 12.7. The molecule has 1 fully saturated rings. The monoisotopic (exact) mass is 360 g/mol. The summed E-state index contributed by atoms with van der Waals surface area (Å²) in [6, 6.07) is 9.67. The molecule has 132 valence electrons. The van der Waals surface area contributed by atoms with E-state index in [-0.39, 0.29) is 10.5 Å². The van der Waals surface area contributed by atoms with E-state index in [1.54, 1.807) is 18.3 Å². The number of hydrogen-bond acceptors (Lipinski definition) is 4. The molecule has 1 aliphatic heterocycles. The summed E-state index contributed by atoms with van der Waals surface area (Å²) >= 11 is 0. The average Bonchev–Trinajstić information content (AvgIpc) is 3.16. The van der Waals surface area contributed by atoms with Gasteiger partial charge in [0, 0.05) is 24.8 Å². The second-order valence-electron chi connectivity index (χ2n) is 5.82. The topological polar surface area (TPSA) is 94.6 Å². The number of aromatic amines is 1. The van der Waals surface area contributed by atoms with Crippen molar-refractivity contribution in [3.05, 3.63) is 53.9 Å². The Labute approximate surface area is 146 Å². The van der Waals surface area contributed by atoms with Crippen LogP contribution in [0, 0.1) is 0 Å². The minimum Gasteiger partial charge on any atom is -0.360 e. The molecule has 0 radical (unpaired) electrons. The van der Waals surface area contributed by atoms with Gasteiger partial charge in [-0.05, 0) is 43.2 Å². The number of carbonyl (C=O) groups excluding carboxylic acids is 1. The van der Waals surface area contributed by atoms with Crippen molar-refractivity contribution < 1.29 is 13.2 Å². The predicted molar refractivity (Wildman–Crippen MR) is 94.9 cm³/mol. The lowest BCUT2D eigenvalue weighted by molar-refractivity contribution is 0.0955. The van der Waals surface area contributed by atoms with E-state index in [9.17, 15) is 13.2 Å². The van der Waals surface area contributed by atoms with Crippen LogP contribution in [0.4, 0.5) is 0 Å². The summed E-state index contributed by atoms with van der Waals surface area (Å²) < 4.78 is 26.9. The second-order valence-corrected chi connectivity index (χ2v) is 7.76. The molecule has 2 aromatic rings. The molecule has 25 heavy (non-hydrogen) atoms. The van der Waals surface area contributed by atoms with Crippen LogP contribution in [-0.2, 0) is 10.0 Å². The molecule has 3 rings (SSSR count). The van der Waals surface area contributed by atoms with Crippen molar-refractivity contribution in [1.29, 1.82) is 0 Å². The van der Waals surface area contributed by atoms with Crippen LogP contribution < -0.4 is 5.43 Å². The zero-order chi connectivity index (χ0) is 17.7. The van der Waals surface area contributed by atoms with E-state index in [2.05, 4.69) is 15.5 Å². The van der Waals surface area contributed by atoms with Crippen molar-refractivity contribution in [2.24, 2.45) is 5.10 Å². The van der Waals surface area contributed by atoms with E-state index in [1.165, 1.54) is 22.7 Å². The van der Waals surface area contributed by atoms with Crippen molar-refractivity contribution in [2.75, 3.05) is 13.1 Å². The lowest BCUT2D eigenvalue weighted by atomic mass is 10.2. The SMILES string of the molecule is O=C(N/N=C/c1ccc[nH]1)c1cccc(S(=O)(=O)N2CCCCC2)c1. The Kier molecular flexibility index (Phi) is 5.30. The van der Waals surface area contributed by atoms with Crippen LogP contribution in [0.2, 0.25) is 0 Å². The van der Waals surface area contributed by atoms with Gasteiger partial charge in [0.05, 0.1) is 16.8 Å². The minimum atomic E-state index is -3.56. The fourth-order valence-corrected chi connectivity index (χ4v) is 4.27. The van der Waals surface area contributed by atoms with Crippen LogP contribution >= 0.6 is 0 Å². The van der Waals surface area contributed by atoms with E-state index in [0.29, 0.717) is 13.1 Å². The summed E-state index contributed by atoms with van der Waals surface area (Å²) in [4.78, 5) is 15.3. The van der Waals surface area contributed by atoms with Gasteiger partial charge in [0.2, 0.25) is 10.0 Å². The molecule has 0 unspecified atom stereocenters. The molecule has 1 aromatic carbocycles. The molecule has 1 aliphatic rings. The predicted octanol–water partition coefficient (Wildman–Crippen LogP) is 1.95. The highest BCUT2D eigenvalue weighted by Gasteiger charge is 2.26. The fourth-order valence-electron chi connectivity index (χ4n) is 2.70. The smallest absolute Gasteiger partial charge is 0.271 e. The Morgan fingerprint density at radius 1 is 1.16 bits per heavy atom. The number of nitrogens with zero attached hydrogens (tertiary/aromatic N) is 2. The molecule has 2 N–H and O–H groups in total. The summed E-state index contributed by atoms with van der Waals surface area (Å²) in [5.74, 6) is -0.460. The number of piperidine rings is 1. The number of sulfonamides is 1. The molecule has 2 heterocycles. The summed E-state index contributed by atoms with van der Waals surface area (Å²) in [6.07, 6.45) is 6.01. The van der Waals surface area contributed by atoms with E-state index in [1.807, 2.05) is 12.1 Å². The number of hydrazone groups is 1. The van der Waals surface area contributed by atoms with Crippen molar-refractivity contribution >= 4 is 22.1 Å². The molecule has 1 saturated heterocycles. The Morgan fingerprint density at radius 2 is 1.96 bits per heavy atom. The highest BCUT2D eigenvalue weighted by Crippen LogP contribution is 2.21. The molecule has 0 spiro atoms. The summed E-state index contributed by atoms with van der Waals surface area (Å²) in [7, 11) is -3.56. The van der Waals surface area contributed by atoms with Crippen molar-refractivity contribution in [1.82, 2.24) is 14.7 Å². The van der Waals surface area contributed by atoms with Crippen LogP contribution in [0.3, 0.4) is 0 Å². The molecular formula is C17H20N4O3S. The third-order valence-electron chi connectivity index (χ3n) is 4.04. The largest absolute Gasteiger partial charge is 0.360 e. The molecular weight excluding hydrogens is 340 g/mol. The average molecular weight is 360 g/mol. The third kappa shape index (κ3) is 4.15. The van der Waals surface area contributed by atoms with Gasteiger partial charge in [0.15, 0.2) is 0 Å². The molecule has 1 amide bonds. The van der Waals surface area contributed by atoms with E-state index < -0.39 is 15.9 Å². The number of H-pyrrole nitrogens is 1. The molecule has 0 bridgehead atoms. The first-order valence-electron chi connectivity index (χ1n) is 8.14. The van der Waals surface area contributed by atoms with Gasteiger partial charge in [-0.25, -0.2) is 13.8 Å². The van der Waals surface area contributed by atoms with Gasteiger partial charge >= 0.3 is 0 Å². The molecule has 1 aromatic heterocycles. The molecule has 8 heteroatoms. The Balaban J connectivity index is 1.73. The van der Waals surface area contributed by atoms with Gasteiger partial charge in [-0.1, -0.05) is 12.5 Å². The number of carbonyl (C=O) groups is 1. The first-order valence-corrected chi connectivity index (χ1v) is 9.58. The zero-order valence-electron chi connectivity index (χ0n) is 13.7. The minimum absolute atomic E-state index is 0.135. The molecule has 7 nitrogen and oxygen atoms in total. The maximum absolute atomic E-state index is 12.7. The molecule has 0 atom stereocenters. The standard InChI is InChI=1S/C17H20N4O3S/c22-17(20-19-13-15-7-5-9-18-15)14-6-4-8-16(12-14)25(23,24)21-10-2-1-3-11-21/h4-9,12-13,18H,1-3,10-11H2,(H,20,22)/b19-13+. The normalized spacial score (nSPS) is 16.2. The lowest BCUT2D eigenvalue weighted by Crippen LogP contribution is -2.35. The van der Waals surface area contributed by atoms with Crippen molar-refractivity contribution in [3.8, 4) is 0 Å². The Bertz CT molecular complexity index is 854. The first-order chi connectivity index (χ1) is 12.1. The van der Waals surface area contributed by atoms with Gasteiger partial charge in [0.25, 0.3) is 5.91 Å². The number of hydrogen-bond donors (Lipinski definition) is 2. The number of nitrogens with one attached hydrogen (secondary N) is 2. The van der Waals surface area contributed by atoms with Crippen LogP contribution in [0.25, 0.3) is 0 Å². The van der Waals surface area contributed by atoms with Crippen LogP contribution in [0.15, 0.2) is 52.6 Å². The molecule has 0 saturated carbocycles. The van der Waals surface area contributed by atoms with E-state index >= 15 is 0 Å². The van der Waals surface area contributed by atoms with Crippen molar-refractivity contribution in [3.63, 3.8) is 0 Å². The maximum Gasteiger partial charge on any atom is 0.271 e. The molecule has 0 aliphatic carbocycles. The quantitative estimate of drug-likeness (QED) is 0.630. The summed E-state index contributed by atoms with van der Waals surface area (Å²) in [5, 5.41) is 3.86. The number of benzene rings is 1. The van der Waals surface area contributed by atoms with E-state index in [0.717, 1.165) is 25.0 Å². The van der Waals surface area contributed by atoms with Crippen molar-refractivity contribution in [2.45, 2.75) is 24.2 Å². The summed E-state index contributed by atoms with van der Waals surface area (Å²) in [5.41, 5.74) is 3.40. The van der Waals surface area contributed by atoms with Crippen LogP contribution in [0.1, 0.15) is 35.3 Å². The lowest BCUT2D eigenvalue weighted by Gasteiger charge is -2.25. The number of aromatic nitrogens is 1. The first kappa shape index (κ1) is 17.4. The Hall–Kier alpha value is -2.45. The highest BCUT2D eigenvalue weighted by atomic mass is 32.2. The van der Waals surface area contributed by atoms with Gasteiger partial charge in [-0.15, -0.1) is 0 Å².